The van der Waals surface area contributed by atoms with Crippen LogP contribution in [-0.4, -0.2) is 21.9 Å². The standard InChI is InChI=1S/C12H18Cl2N4O/c1-12(2,3)5-7(15)4-8(19)18-11-9(13)10(14)16-6-17-11/h6-7H,4-5,15H2,1-3H3,(H,16,17,18,19). The molecule has 1 aromatic rings. The highest BCUT2D eigenvalue weighted by atomic mass is 35.5. The Morgan fingerprint density at radius 1 is 1.42 bits per heavy atom. The van der Waals surface area contributed by atoms with Crippen molar-refractivity contribution in [1.82, 2.24) is 9.97 Å². The number of amides is 1. The molecule has 1 rings (SSSR count). The monoisotopic (exact) mass is 304 g/mol. The van der Waals surface area contributed by atoms with Crippen LogP contribution >= 0.6 is 23.2 Å². The van der Waals surface area contributed by atoms with Gasteiger partial charge in [0.25, 0.3) is 0 Å². The number of nitrogens with zero attached hydrogens (tertiary/aromatic N) is 2. The number of aromatic nitrogens is 2. The number of hydrogen-bond donors (Lipinski definition) is 2. The second-order valence-electron chi connectivity index (χ2n) is 5.60. The molecule has 1 aromatic heterocycles. The Kier molecular flexibility index (Phi) is 5.52. The Labute approximate surface area is 122 Å². The molecule has 1 atom stereocenters. The summed E-state index contributed by atoms with van der Waals surface area (Å²) in [5.41, 5.74) is 6.01. The van der Waals surface area contributed by atoms with Gasteiger partial charge in [-0.05, 0) is 11.8 Å². The highest BCUT2D eigenvalue weighted by Gasteiger charge is 2.19. The van der Waals surface area contributed by atoms with E-state index < -0.39 is 0 Å². The van der Waals surface area contributed by atoms with E-state index in [0.29, 0.717) is 0 Å². The molecule has 1 unspecified atom stereocenters. The van der Waals surface area contributed by atoms with Crippen LogP contribution in [0.15, 0.2) is 6.33 Å². The number of nitrogens with one attached hydrogen (secondary N) is 1. The maximum Gasteiger partial charge on any atom is 0.227 e. The van der Waals surface area contributed by atoms with Gasteiger partial charge in [-0.2, -0.15) is 0 Å². The Morgan fingerprint density at radius 3 is 2.63 bits per heavy atom. The van der Waals surface area contributed by atoms with Crippen molar-refractivity contribution >= 4 is 34.9 Å². The fourth-order valence-electron chi connectivity index (χ4n) is 1.72. The minimum atomic E-state index is -0.242. The zero-order valence-electron chi connectivity index (χ0n) is 11.2. The van der Waals surface area contributed by atoms with E-state index in [2.05, 4.69) is 36.1 Å². The average Bonchev–Trinajstić information content (AvgIpc) is 2.21. The van der Waals surface area contributed by atoms with E-state index in [1.807, 2.05) is 0 Å². The Bertz CT molecular complexity index is 460. The zero-order chi connectivity index (χ0) is 14.6. The number of carbonyl (C=O) groups is 1. The number of hydrogen-bond acceptors (Lipinski definition) is 4. The first-order chi connectivity index (χ1) is 8.69. The first kappa shape index (κ1) is 16.1. The van der Waals surface area contributed by atoms with E-state index in [1.165, 1.54) is 6.33 Å². The SMILES string of the molecule is CC(C)(C)CC(N)CC(=O)Nc1ncnc(Cl)c1Cl. The lowest BCUT2D eigenvalue weighted by Gasteiger charge is -2.22. The normalized spacial score (nSPS) is 13.2. The largest absolute Gasteiger partial charge is 0.327 e. The van der Waals surface area contributed by atoms with Gasteiger partial charge in [-0.15, -0.1) is 0 Å². The predicted octanol–water partition coefficient (Wildman–Crippen LogP) is 2.88. The van der Waals surface area contributed by atoms with Gasteiger partial charge in [0.1, 0.15) is 11.3 Å². The van der Waals surface area contributed by atoms with Gasteiger partial charge in [0.05, 0.1) is 0 Å². The summed E-state index contributed by atoms with van der Waals surface area (Å²) in [7, 11) is 0. The average molecular weight is 305 g/mol. The minimum absolute atomic E-state index is 0.0789. The quantitative estimate of drug-likeness (QED) is 0.838. The van der Waals surface area contributed by atoms with E-state index in [1.54, 1.807) is 0 Å². The number of anilines is 1. The lowest BCUT2D eigenvalue weighted by molar-refractivity contribution is -0.116. The summed E-state index contributed by atoms with van der Waals surface area (Å²) in [6.45, 7) is 6.23. The highest BCUT2D eigenvalue weighted by Crippen LogP contribution is 2.26. The summed E-state index contributed by atoms with van der Waals surface area (Å²) in [6, 6.07) is -0.212. The maximum absolute atomic E-state index is 11.8. The molecule has 0 saturated heterocycles. The molecule has 1 heterocycles. The third kappa shape index (κ3) is 5.72. The van der Waals surface area contributed by atoms with Crippen LogP contribution in [0.5, 0.6) is 0 Å². The van der Waals surface area contributed by atoms with Crippen LogP contribution in [0.1, 0.15) is 33.6 Å². The van der Waals surface area contributed by atoms with Crippen LogP contribution in [0, 0.1) is 5.41 Å². The molecule has 1 amide bonds. The lowest BCUT2D eigenvalue weighted by Crippen LogP contribution is -2.31. The van der Waals surface area contributed by atoms with Crippen LogP contribution in [0.4, 0.5) is 5.82 Å². The molecule has 0 radical (unpaired) electrons. The molecule has 0 fully saturated rings. The van der Waals surface area contributed by atoms with Crippen LogP contribution in [-0.2, 0) is 4.79 Å². The molecular weight excluding hydrogens is 287 g/mol. The molecule has 0 aliphatic heterocycles. The van der Waals surface area contributed by atoms with Crippen LogP contribution in [0.3, 0.4) is 0 Å². The molecule has 0 bridgehead atoms. The van der Waals surface area contributed by atoms with Crippen molar-refractivity contribution in [2.75, 3.05) is 5.32 Å². The van der Waals surface area contributed by atoms with Gasteiger partial charge in [0.2, 0.25) is 5.91 Å². The topological polar surface area (TPSA) is 80.9 Å². The summed E-state index contributed by atoms with van der Waals surface area (Å²) in [6.07, 6.45) is 2.19. The van der Waals surface area contributed by atoms with E-state index in [0.717, 1.165) is 6.42 Å². The van der Waals surface area contributed by atoms with E-state index in [4.69, 9.17) is 28.9 Å². The van der Waals surface area contributed by atoms with Gasteiger partial charge in [0, 0.05) is 12.5 Å². The molecule has 3 N–H and O–H groups in total. The Morgan fingerprint density at radius 2 is 2.05 bits per heavy atom. The van der Waals surface area contributed by atoms with Crippen molar-refractivity contribution in [3.63, 3.8) is 0 Å². The van der Waals surface area contributed by atoms with Crippen LogP contribution in [0.2, 0.25) is 10.2 Å². The molecule has 0 spiro atoms. The molecule has 19 heavy (non-hydrogen) atoms. The fraction of sp³-hybridized carbons (Fsp3) is 0.583. The zero-order valence-corrected chi connectivity index (χ0v) is 12.7. The second kappa shape index (κ2) is 6.50. The van der Waals surface area contributed by atoms with Crippen molar-refractivity contribution in [1.29, 1.82) is 0 Å². The molecule has 0 saturated carbocycles. The van der Waals surface area contributed by atoms with Crippen molar-refractivity contribution in [3.05, 3.63) is 16.5 Å². The second-order valence-corrected chi connectivity index (χ2v) is 6.34. The molecule has 5 nitrogen and oxygen atoms in total. The summed E-state index contributed by atoms with van der Waals surface area (Å²) < 4.78 is 0. The van der Waals surface area contributed by atoms with Crippen molar-refractivity contribution < 1.29 is 4.79 Å². The predicted molar refractivity (Wildman–Crippen MR) is 77.3 cm³/mol. The van der Waals surface area contributed by atoms with Crippen LogP contribution in [0.25, 0.3) is 0 Å². The van der Waals surface area contributed by atoms with Gasteiger partial charge in [-0.3, -0.25) is 4.79 Å². The molecule has 106 valence electrons. The van der Waals surface area contributed by atoms with Gasteiger partial charge >= 0.3 is 0 Å². The minimum Gasteiger partial charge on any atom is -0.327 e. The lowest BCUT2D eigenvalue weighted by atomic mass is 9.87. The van der Waals surface area contributed by atoms with E-state index in [9.17, 15) is 4.79 Å². The summed E-state index contributed by atoms with van der Waals surface area (Å²) in [5, 5.41) is 2.81. The number of carbonyl (C=O) groups excluding carboxylic acids is 1. The Balaban J connectivity index is 2.58. The number of halogens is 2. The smallest absolute Gasteiger partial charge is 0.227 e. The van der Waals surface area contributed by atoms with Crippen LogP contribution < -0.4 is 11.1 Å². The first-order valence-corrected chi connectivity index (χ1v) is 6.66. The summed E-state index contributed by atoms with van der Waals surface area (Å²) >= 11 is 11.6. The van der Waals surface area contributed by atoms with Gasteiger partial charge in [0.15, 0.2) is 11.0 Å². The first-order valence-electron chi connectivity index (χ1n) is 5.90. The third-order valence-electron chi connectivity index (χ3n) is 2.33. The molecule has 0 aromatic carbocycles. The number of rotatable bonds is 4. The molecule has 0 aliphatic rings. The molecular formula is C12H18Cl2N4O. The highest BCUT2D eigenvalue weighted by molar-refractivity contribution is 6.42. The van der Waals surface area contributed by atoms with Gasteiger partial charge < -0.3 is 11.1 Å². The van der Waals surface area contributed by atoms with Gasteiger partial charge in [-0.1, -0.05) is 44.0 Å². The van der Waals surface area contributed by atoms with Gasteiger partial charge in [-0.25, -0.2) is 9.97 Å². The third-order valence-corrected chi connectivity index (χ3v) is 3.07. The van der Waals surface area contributed by atoms with E-state index in [-0.39, 0.29) is 39.8 Å². The van der Waals surface area contributed by atoms with Crippen molar-refractivity contribution in [2.45, 2.75) is 39.7 Å². The Hall–Kier alpha value is -0.910. The maximum atomic E-state index is 11.8. The summed E-state index contributed by atoms with van der Waals surface area (Å²) in [5.74, 6) is -0.0388. The number of nitrogens with two attached hydrogens (primary N) is 1. The fourth-order valence-corrected chi connectivity index (χ4v) is 1.99. The molecule has 0 aliphatic carbocycles. The molecule has 7 heteroatoms. The van der Waals surface area contributed by atoms with Crippen molar-refractivity contribution in [2.24, 2.45) is 11.1 Å². The van der Waals surface area contributed by atoms with Crippen molar-refractivity contribution in [3.8, 4) is 0 Å². The summed E-state index contributed by atoms with van der Waals surface area (Å²) in [4.78, 5) is 19.4. The van der Waals surface area contributed by atoms with E-state index >= 15 is 0 Å².